The summed E-state index contributed by atoms with van der Waals surface area (Å²) < 4.78 is 119. The van der Waals surface area contributed by atoms with Crippen LogP contribution in [0.1, 0.15) is 33.7 Å². The van der Waals surface area contributed by atoms with Crippen molar-refractivity contribution in [3.63, 3.8) is 0 Å². The largest absolute Gasteiger partial charge is 0.416 e. The van der Waals surface area contributed by atoms with E-state index in [2.05, 4.69) is 0 Å². The van der Waals surface area contributed by atoms with E-state index in [1.54, 1.807) is 0 Å². The molecule has 0 saturated carbocycles. The van der Waals surface area contributed by atoms with Crippen molar-refractivity contribution in [1.82, 2.24) is 0 Å². The van der Waals surface area contributed by atoms with Crippen molar-refractivity contribution in [3.05, 3.63) is 74.3 Å². The van der Waals surface area contributed by atoms with Gasteiger partial charge in [-0.05, 0) is 42.3 Å². The molecule has 12 heteroatoms. The smallest absolute Gasteiger partial charge is 0.258 e. The first-order chi connectivity index (χ1) is 13.0. The fourth-order valence-electron chi connectivity index (χ4n) is 2.78. The molecule has 0 amide bonds. The Labute approximate surface area is 156 Å². The molecule has 0 radical (unpaired) electrons. The van der Waals surface area contributed by atoms with Gasteiger partial charge in [0.15, 0.2) is 0 Å². The van der Waals surface area contributed by atoms with Gasteiger partial charge in [0.05, 0.1) is 16.1 Å². The van der Waals surface area contributed by atoms with Gasteiger partial charge in [-0.1, -0.05) is 6.07 Å². The molecule has 1 unspecified atom stereocenters. The molecule has 29 heavy (non-hydrogen) atoms. The SMILES string of the molecule is Cc1cc(C(c2cc(C(F)(F)F)cc(C(F)(F)F)c2)C(F)(F)F)ccc1[N+](=O)[O-]. The van der Waals surface area contributed by atoms with Gasteiger partial charge in [-0.2, -0.15) is 39.5 Å². The van der Waals surface area contributed by atoms with Crippen molar-refractivity contribution >= 4 is 5.69 Å². The molecule has 3 nitrogen and oxygen atoms in total. The van der Waals surface area contributed by atoms with E-state index in [1.807, 2.05) is 0 Å². The predicted octanol–water partition coefficient (Wildman–Crippen LogP) is 6.64. The predicted molar refractivity (Wildman–Crippen MR) is 82.2 cm³/mol. The molecule has 2 rings (SSSR count). The van der Waals surface area contributed by atoms with E-state index in [1.165, 1.54) is 0 Å². The lowest BCUT2D eigenvalue weighted by atomic mass is 9.87. The average Bonchev–Trinajstić information content (AvgIpc) is 2.51. The summed E-state index contributed by atoms with van der Waals surface area (Å²) in [6.07, 6.45) is -15.9. The van der Waals surface area contributed by atoms with Gasteiger partial charge >= 0.3 is 18.5 Å². The van der Waals surface area contributed by atoms with Crippen LogP contribution in [0.2, 0.25) is 0 Å². The van der Waals surface area contributed by atoms with Crippen LogP contribution in [-0.4, -0.2) is 11.1 Å². The second kappa shape index (κ2) is 7.23. The van der Waals surface area contributed by atoms with E-state index >= 15 is 0 Å². The molecule has 0 heterocycles. The Balaban J connectivity index is 2.77. The molecular formula is C17H10F9NO2. The lowest BCUT2D eigenvalue weighted by Gasteiger charge is -2.24. The quantitative estimate of drug-likeness (QED) is 0.311. The van der Waals surface area contributed by atoms with Gasteiger partial charge in [0.1, 0.15) is 5.92 Å². The van der Waals surface area contributed by atoms with E-state index in [0.29, 0.717) is 18.2 Å². The molecule has 0 aliphatic heterocycles. The van der Waals surface area contributed by atoms with Gasteiger partial charge in [-0.15, -0.1) is 0 Å². The van der Waals surface area contributed by atoms with Crippen molar-refractivity contribution in [2.75, 3.05) is 0 Å². The van der Waals surface area contributed by atoms with E-state index in [9.17, 15) is 49.6 Å². The molecule has 0 aromatic heterocycles. The second-order valence-corrected chi connectivity index (χ2v) is 6.12. The molecule has 0 aliphatic carbocycles. The Morgan fingerprint density at radius 1 is 0.793 bits per heavy atom. The number of benzene rings is 2. The minimum atomic E-state index is -5.32. The molecular weight excluding hydrogens is 421 g/mol. The number of nitro benzene ring substituents is 1. The standard InChI is InChI=1S/C17H10F9NO2/c1-8-4-9(2-3-13(8)27(28)29)14(17(24,25)26)10-5-11(15(18,19)20)7-12(6-10)16(21,22)23/h2-7,14H,1H3. The lowest BCUT2D eigenvalue weighted by Crippen LogP contribution is -2.23. The monoisotopic (exact) mass is 431 g/mol. The molecule has 0 saturated heterocycles. The lowest BCUT2D eigenvalue weighted by molar-refractivity contribution is -0.385. The van der Waals surface area contributed by atoms with Gasteiger partial charge in [-0.3, -0.25) is 10.1 Å². The first-order valence-electron chi connectivity index (χ1n) is 7.63. The van der Waals surface area contributed by atoms with Crippen LogP contribution in [0.5, 0.6) is 0 Å². The summed E-state index contributed by atoms with van der Waals surface area (Å²) in [6, 6.07) is 1.77. The first kappa shape index (κ1) is 22.5. The highest BCUT2D eigenvalue weighted by atomic mass is 19.4. The Kier molecular flexibility index (Phi) is 5.61. The van der Waals surface area contributed by atoms with E-state index < -0.39 is 57.3 Å². The van der Waals surface area contributed by atoms with Gasteiger partial charge in [0.25, 0.3) is 5.69 Å². The van der Waals surface area contributed by atoms with Crippen molar-refractivity contribution in [2.24, 2.45) is 0 Å². The Bertz CT molecular complexity index is 898. The maximum Gasteiger partial charge on any atom is 0.416 e. The Morgan fingerprint density at radius 3 is 1.62 bits per heavy atom. The Hall–Kier alpha value is -2.79. The topological polar surface area (TPSA) is 43.1 Å². The fraction of sp³-hybridized carbons (Fsp3) is 0.294. The van der Waals surface area contributed by atoms with Crippen LogP contribution in [-0.2, 0) is 12.4 Å². The van der Waals surface area contributed by atoms with E-state index in [0.717, 1.165) is 6.92 Å². The summed E-state index contributed by atoms with van der Waals surface area (Å²) in [6.45, 7) is 1.10. The minimum Gasteiger partial charge on any atom is -0.258 e. The Morgan fingerprint density at radius 2 is 1.28 bits per heavy atom. The van der Waals surface area contributed by atoms with Crippen molar-refractivity contribution in [3.8, 4) is 0 Å². The molecule has 0 fully saturated rings. The zero-order valence-corrected chi connectivity index (χ0v) is 14.2. The number of hydrogen-bond donors (Lipinski definition) is 0. The third-order valence-corrected chi connectivity index (χ3v) is 4.02. The molecule has 0 aliphatic rings. The zero-order valence-electron chi connectivity index (χ0n) is 14.2. The molecule has 2 aromatic carbocycles. The molecule has 1 atom stereocenters. The van der Waals surface area contributed by atoms with Gasteiger partial charge in [-0.25, -0.2) is 0 Å². The van der Waals surface area contributed by atoms with Crippen LogP contribution < -0.4 is 0 Å². The number of nitro groups is 1. The summed E-state index contributed by atoms with van der Waals surface area (Å²) in [5.41, 5.74) is -6.58. The van der Waals surface area contributed by atoms with Gasteiger partial charge in [0.2, 0.25) is 0 Å². The van der Waals surface area contributed by atoms with Crippen molar-refractivity contribution in [1.29, 1.82) is 0 Å². The summed E-state index contributed by atoms with van der Waals surface area (Å²) >= 11 is 0. The number of halogens is 9. The van der Waals surface area contributed by atoms with Crippen LogP contribution in [0.4, 0.5) is 45.2 Å². The molecule has 0 N–H and O–H groups in total. The van der Waals surface area contributed by atoms with Crippen LogP contribution in [0.3, 0.4) is 0 Å². The number of nitrogens with zero attached hydrogens (tertiary/aromatic N) is 1. The van der Waals surface area contributed by atoms with Crippen LogP contribution in [0, 0.1) is 17.0 Å². The van der Waals surface area contributed by atoms with Crippen molar-refractivity contribution < 1.29 is 44.4 Å². The van der Waals surface area contributed by atoms with Gasteiger partial charge < -0.3 is 0 Å². The zero-order chi connectivity index (χ0) is 22.4. The van der Waals surface area contributed by atoms with Crippen LogP contribution in [0.15, 0.2) is 36.4 Å². The van der Waals surface area contributed by atoms with Gasteiger partial charge in [0, 0.05) is 11.6 Å². The number of hydrogen-bond acceptors (Lipinski definition) is 2. The second-order valence-electron chi connectivity index (χ2n) is 6.12. The summed E-state index contributed by atoms with van der Waals surface area (Å²) in [4.78, 5) is 9.93. The maximum atomic E-state index is 13.6. The summed E-state index contributed by atoms with van der Waals surface area (Å²) in [5.74, 6) is -2.86. The van der Waals surface area contributed by atoms with E-state index in [-0.39, 0.29) is 23.8 Å². The molecule has 158 valence electrons. The third-order valence-electron chi connectivity index (χ3n) is 4.02. The maximum absolute atomic E-state index is 13.6. The highest BCUT2D eigenvalue weighted by Gasteiger charge is 2.45. The van der Waals surface area contributed by atoms with E-state index in [4.69, 9.17) is 0 Å². The normalized spacial score (nSPS) is 14.0. The minimum absolute atomic E-state index is 0.00978. The molecule has 2 aromatic rings. The number of rotatable bonds is 3. The highest BCUT2D eigenvalue weighted by molar-refractivity contribution is 5.47. The van der Waals surface area contributed by atoms with Crippen LogP contribution >= 0.6 is 0 Å². The first-order valence-corrected chi connectivity index (χ1v) is 7.63. The molecule has 0 spiro atoms. The average molecular weight is 431 g/mol. The summed E-state index contributed by atoms with van der Waals surface area (Å²) in [5, 5.41) is 10.8. The number of alkyl halides is 9. The highest BCUT2D eigenvalue weighted by Crippen LogP contribution is 2.45. The summed E-state index contributed by atoms with van der Waals surface area (Å²) in [7, 11) is 0. The van der Waals surface area contributed by atoms with Crippen molar-refractivity contribution in [2.45, 2.75) is 31.4 Å². The number of aryl methyl sites for hydroxylation is 1. The van der Waals surface area contributed by atoms with Crippen LogP contribution in [0.25, 0.3) is 0 Å². The fourth-order valence-corrected chi connectivity index (χ4v) is 2.78. The third kappa shape index (κ3) is 4.98. The molecule has 0 bridgehead atoms.